The first-order valence-corrected chi connectivity index (χ1v) is 6.48. The van der Waals surface area contributed by atoms with E-state index in [-0.39, 0.29) is 6.04 Å². The van der Waals surface area contributed by atoms with Gasteiger partial charge in [0.2, 0.25) is 0 Å². The average Bonchev–Trinajstić information content (AvgIpc) is 3.08. The van der Waals surface area contributed by atoms with Gasteiger partial charge in [0.1, 0.15) is 11.6 Å². The molecular formula is C15H16F2N2. The molecule has 1 unspecified atom stereocenters. The minimum absolute atomic E-state index is 0.0884. The Bertz CT molecular complexity index is 567. The topological polar surface area (TPSA) is 30.9 Å². The maximum atomic E-state index is 13.1. The van der Waals surface area contributed by atoms with Crippen molar-refractivity contribution in [1.29, 1.82) is 0 Å². The van der Waals surface area contributed by atoms with Crippen molar-refractivity contribution < 1.29 is 8.78 Å². The Labute approximate surface area is 110 Å². The number of hydrogen-bond donors (Lipinski definition) is 1. The number of aromatic nitrogens is 1. The van der Waals surface area contributed by atoms with Crippen LogP contribution in [0.1, 0.15) is 30.0 Å². The van der Waals surface area contributed by atoms with Gasteiger partial charge in [-0.2, -0.15) is 0 Å². The average molecular weight is 262 g/mol. The lowest BCUT2D eigenvalue weighted by Crippen LogP contribution is -2.11. The highest BCUT2D eigenvalue weighted by molar-refractivity contribution is 5.21. The van der Waals surface area contributed by atoms with Gasteiger partial charge in [-0.05, 0) is 48.1 Å². The van der Waals surface area contributed by atoms with Crippen molar-refractivity contribution in [3.8, 4) is 0 Å². The van der Waals surface area contributed by atoms with Gasteiger partial charge in [0.25, 0.3) is 0 Å². The second-order valence-electron chi connectivity index (χ2n) is 5.26. The van der Waals surface area contributed by atoms with Gasteiger partial charge in [0.15, 0.2) is 0 Å². The standard InChI is InChI=1S/C15H16F2N2/c16-13-5-10(6-14(17)7-13)8-19-4-3-12(9-19)15(18)11-1-2-11/h3-7,9,11,15H,1-2,8,18H2. The Balaban J connectivity index is 1.75. The van der Waals surface area contributed by atoms with Crippen molar-refractivity contribution in [2.75, 3.05) is 0 Å². The van der Waals surface area contributed by atoms with Crippen molar-refractivity contribution in [1.82, 2.24) is 4.57 Å². The van der Waals surface area contributed by atoms with E-state index >= 15 is 0 Å². The van der Waals surface area contributed by atoms with Gasteiger partial charge < -0.3 is 10.3 Å². The summed E-state index contributed by atoms with van der Waals surface area (Å²) in [4.78, 5) is 0. The quantitative estimate of drug-likeness (QED) is 0.901. The molecule has 0 saturated heterocycles. The van der Waals surface area contributed by atoms with Crippen LogP contribution in [-0.4, -0.2) is 4.57 Å². The molecule has 1 saturated carbocycles. The monoisotopic (exact) mass is 262 g/mol. The number of rotatable bonds is 4. The Morgan fingerprint density at radius 1 is 1.21 bits per heavy atom. The SMILES string of the molecule is NC(c1ccn(Cc2cc(F)cc(F)c2)c1)C1CC1. The second-order valence-corrected chi connectivity index (χ2v) is 5.26. The summed E-state index contributed by atoms with van der Waals surface area (Å²) in [7, 11) is 0. The zero-order valence-corrected chi connectivity index (χ0v) is 10.5. The molecule has 3 rings (SSSR count). The first kappa shape index (κ1) is 12.4. The molecule has 100 valence electrons. The molecule has 1 aromatic heterocycles. The summed E-state index contributed by atoms with van der Waals surface area (Å²) in [6.07, 6.45) is 6.26. The summed E-state index contributed by atoms with van der Waals surface area (Å²) >= 11 is 0. The number of benzene rings is 1. The summed E-state index contributed by atoms with van der Waals surface area (Å²) in [5.74, 6) is -0.489. The molecule has 0 radical (unpaired) electrons. The normalized spacial score (nSPS) is 16.6. The van der Waals surface area contributed by atoms with Crippen LogP contribution in [0.5, 0.6) is 0 Å². The third-order valence-electron chi connectivity index (χ3n) is 3.58. The van der Waals surface area contributed by atoms with E-state index in [9.17, 15) is 8.78 Å². The van der Waals surface area contributed by atoms with Gasteiger partial charge in [0, 0.05) is 31.0 Å². The van der Waals surface area contributed by atoms with Gasteiger partial charge >= 0.3 is 0 Å². The first-order chi connectivity index (χ1) is 9.11. The number of hydrogen-bond acceptors (Lipinski definition) is 1. The zero-order chi connectivity index (χ0) is 13.4. The summed E-state index contributed by atoms with van der Waals surface area (Å²) in [6, 6.07) is 5.66. The van der Waals surface area contributed by atoms with E-state index in [0.29, 0.717) is 18.0 Å². The summed E-state index contributed by atoms with van der Waals surface area (Å²) in [6.45, 7) is 0.450. The second kappa shape index (κ2) is 4.78. The fourth-order valence-corrected chi connectivity index (χ4v) is 2.40. The molecular weight excluding hydrogens is 246 g/mol. The summed E-state index contributed by atoms with van der Waals surface area (Å²) < 4.78 is 28.1. The molecule has 1 aliphatic rings. The number of halogens is 2. The maximum Gasteiger partial charge on any atom is 0.126 e. The molecule has 1 heterocycles. The minimum Gasteiger partial charge on any atom is -0.350 e. The third kappa shape index (κ3) is 2.84. The molecule has 0 amide bonds. The van der Waals surface area contributed by atoms with Crippen LogP contribution in [-0.2, 0) is 6.54 Å². The van der Waals surface area contributed by atoms with E-state index in [4.69, 9.17) is 5.73 Å². The smallest absolute Gasteiger partial charge is 0.126 e. The number of nitrogens with two attached hydrogens (primary N) is 1. The van der Waals surface area contributed by atoms with Crippen LogP contribution in [0.3, 0.4) is 0 Å². The van der Waals surface area contributed by atoms with E-state index in [1.165, 1.54) is 25.0 Å². The predicted octanol–water partition coefficient (Wildman–Crippen LogP) is 3.22. The maximum absolute atomic E-state index is 13.1. The molecule has 1 aliphatic carbocycles. The van der Waals surface area contributed by atoms with Crippen LogP contribution in [0.4, 0.5) is 8.78 Å². The molecule has 1 aromatic carbocycles. The summed E-state index contributed by atoms with van der Waals surface area (Å²) in [5, 5.41) is 0. The van der Waals surface area contributed by atoms with Crippen molar-refractivity contribution >= 4 is 0 Å². The van der Waals surface area contributed by atoms with Crippen molar-refractivity contribution in [3.05, 3.63) is 59.4 Å². The molecule has 4 heteroatoms. The van der Waals surface area contributed by atoms with Gasteiger partial charge in [-0.15, -0.1) is 0 Å². The lowest BCUT2D eigenvalue weighted by molar-refractivity contribution is 0.577. The predicted molar refractivity (Wildman–Crippen MR) is 69.5 cm³/mol. The van der Waals surface area contributed by atoms with E-state index in [1.54, 1.807) is 0 Å². The lowest BCUT2D eigenvalue weighted by atomic mass is 10.1. The highest BCUT2D eigenvalue weighted by Crippen LogP contribution is 2.39. The molecule has 2 N–H and O–H groups in total. The van der Waals surface area contributed by atoms with Crippen LogP contribution in [0.2, 0.25) is 0 Å². The number of nitrogens with zero attached hydrogens (tertiary/aromatic N) is 1. The molecule has 19 heavy (non-hydrogen) atoms. The minimum atomic E-state index is -0.544. The fraction of sp³-hybridized carbons (Fsp3) is 0.333. The largest absolute Gasteiger partial charge is 0.350 e. The highest BCUT2D eigenvalue weighted by atomic mass is 19.1. The molecule has 1 atom stereocenters. The van der Waals surface area contributed by atoms with Gasteiger partial charge in [0.05, 0.1) is 0 Å². The highest BCUT2D eigenvalue weighted by Gasteiger charge is 2.29. The fourth-order valence-electron chi connectivity index (χ4n) is 2.40. The van der Waals surface area contributed by atoms with Crippen LogP contribution in [0.25, 0.3) is 0 Å². The van der Waals surface area contributed by atoms with Gasteiger partial charge in [-0.25, -0.2) is 8.78 Å². The summed E-state index contributed by atoms with van der Waals surface area (Å²) in [5.41, 5.74) is 7.83. The van der Waals surface area contributed by atoms with Crippen molar-refractivity contribution in [2.45, 2.75) is 25.4 Å². The Morgan fingerprint density at radius 2 is 1.89 bits per heavy atom. The molecule has 2 aromatic rings. The van der Waals surface area contributed by atoms with Crippen LogP contribution in [0.15, 0.2) is 36.7 Å². The van der Waals surface area contributed by atoms with E-state index in [1.807, 2.05) is 23.0 Å². The first-order valence-electron chi connectivity index (χ1n) is 6.48. The zero-order valence-electron chi connectivity index (χ0n) is 10.5. The van der Waals surface area contributed by atoms with E-state index in [2.05, 4.69) is 0 Å². The molecule has 2 nitrogen and oxygen atoms in total. The van der Waals surface area contributed by atoms with Crippen molar-refractivity contribution in [2.24, 2.45) is 11.7 Å². The van der Waals surface area contributed by atoms with Crippen LogP contribution < -0.4 is 5.73 Å². The molecule has 0 spiro atoms. The Morgan fingerprint density at radius 3 is 2.53 bits per heavy atom. The lowest BCUT2D eigenvalue weighted by Gasteiger charge is -2.07. The van der Waals surface area contributed by atoms with Gasteiger partial charge in [-0.3, -0.25) is 0 Å². The van der Waals surface area contributed by atoms with Crippen LogP contribution >= 0.6 is 0 Å². The Kier molecular flexibility index (Phi) is 3.11. The molecule has 1 fully saturated rings. The molecule has 0 bridgehead atoms. The Hall–Kier alpha value is -1.68. The van der Waals surface area contributed by atoms with Crippen molar-refractivity contribution in [3.63, 3.8) is 0 Å². The van der Waals surface area contributed by atoms with E-state index in [0.717, 1.165) is 11.6 Å². The van der Waals surface area contributed by atoms with Crippen LogP contribution in [0, 0.1) is 17.6 Å². The van der Waals surface area contributed by atoms with Gasteiger partial charge in [-0.1, -0.05) is 0 Å². The van der Waals surface area contributed by atoms with E-state index < -0.39 is 11.6 Å². The molecule has 0 aliphatic heterocycles. The third-order valence-corrected chi connectivity index (χ3v) is 3.58.